The molecule has 1 atom stereocenters. The van der Waals surface area contributed by atoms with E-state index in [0.29, 0.717) is 5.92 Å². The number of hydrogen-bond acceptors (Lipinski definition) is 1. The standard InChI is InChI=1S/C12H14N2/c1-4-5-10-8(2)6-12-11(9(10)3)7-13-14-12/h4-5,7-8H,1,3,6H2,2H3,(H,13,14)/b10-5-. The maximum atomic E-state index is 4.10. The third-order valence-electron chi connectivity index (χ3n) is 2.73. The molecule has 0 saturated carbocycles. The number of nitrogens with zero attached hydrogens (tertiary/aromatic N) is 1. The summed E-state index contributed by atoms with van der Waals surface area (Å²) in [4.78, 5) is 0. The van der Waals surface area contributed by atoms with Gasteiger partial charge in [0.15, 0.2) is 0 Å². The van der Waals surface area contributed by atoms with Crippen molar-refractivity contribution in [2.75, 3.05) is 0 Å². The highest BCUT2D eigenvalue weighted by molar-refractivity contribution is 5.80. The quantitative estimate of drug-likeness (QED) is 0.717. The molecular weight excluding hydrogens is 172 g/mol. The molecule has 0 bridgehead atoms. The van der Waals surface area contributed by atoms with Crippen LogP contribution in [-0.4, -0.2) is 10.2 Å². The molecule has 0 fully saturated rings. The third-order valence-corrected chi connectivity index (χ3v) is 2.73. The summed E-state index contributed by atoms with van der Waals surface area (Å²) in [5.41, 5.74) is 4.70. The lowest BCUT2D eigenvalue weighted by Gasteiger charge is -2.23. The number of nitrogens with one attached hydrogen (secondary N) is 1. The highest BCUT2D eigenvalue weighted by Crippen LogP contribution is 2.36. The second-order valence-electron chi connectivity index (χ2n) is 3.70. The largest absolute Gasteiger partial charge is 0.282 e. The Balaban J connectivity index is 2.49. The van der Waals surface area contributed by atoms with Gasteiger partial charge in [-0.25, -0.2) is 0 Å². The minimum absolute atomic E-state index is 0.494. The SMILES string of the molecule is C=C/C=C1\C(=C)c2cn[nH]c2CC1C. The molecule has 0 radical (unpaired) electrons. The molecule has 2 heteroatoms. The first-order valence-corrected chi connectivity index (χ1v) is 4.78. The average Bonchev–Trinajstić information content (AvgIpc) is 2.60. The lowest BCUT2D eigenvalue weighted by atomic mass is 9.81. The predicted octanol–water partition coefficient (Wildman–Crippen LogP) is 2.73. The van der Waals surface area contributed by atoms with Gasteiger partial charge in [-0.3, -0.25) is 5.10 Å². The van der Waals surface area contributed by atoms with Crippen LogP contribution in [0, 0.1) is 5.92 Å². The van der Waals surface area contributed by atoms with E-state index in [1.807, 2.05) is 18.3 Å². The first kappa shape index (κ1) is 9.00. The van der Waals surface area contributed by atoms with Gasteiger partial charge in [-0.05, 0) is 23.5 Å². The Bertz CT molecular complexity index is 410. The molecule has 1 aliphatic rings. The van der Waals surface area contributed by atoms with E-state index in [4.69, 9.17) is 0 Å². The van der Waals surface area contributed by atoms with Gasteiger partial charge < -0.3 is 0 Å². The first-order valence-electron chi connectivity index (χ1n) is 4.78. The molecule has 0 spiro atoms. The van der Waals surface area contributed by atoms with E-state index in [9.17, 15) is 0 Å². The molecule has 72 valence electrons. The molecule has 1 aromatic rings. The molecule has 14 heavy (non-hydrogen) atoms. The molecule has 2 rings (SSSR count). The zero-order valence-electron chi connectivity index (χ0n) is 8.38. The summed E-state index contributed by atoms with van der Waals surface area (Å²) in [6.07, 6.45) is 6.72. The fourth-order valence-corrected chi connectivity index (χ4v) is 1.99. The van der Waals surface area contributed by atoms with Crippen LogP contribution in [0.4, 0.5) is 0 Å². The number of aromatic nitrogens is 2. The molecule has 0 amide bonds. The summed E-state index contributed by atoms with van der Waals surface area (Å²) in [6, 6.07) is 0. The van der Waals surface area contributed by atoms with E-state index >= 15 is 0 Å². The van der Waals surface area contributed by atoms with E-state index in [-0.39, 0.29) is 0 Å². The number of aromatic amines is 1. The van der Waals surface area contributed by atoms with Crippen molar-refractivity contribution in [3.8, 4) is 0 Å². The van der Waals surface area contributed by atoms with E-state index in [1.54, 1.807) is 0 Å². The Morgan fingerprint density at radius 1 is 1.64 bits per heavy atom. The maximum absolute atomic E-state index is 4.10. The molecule has 0 aliphatic heterocycles. The van der Waals surface area contributed by atoms with E-state index in [0.717, 1.165) is 17.6 Å². The van der Waals surface area contributed by atoms with Crippen molar-refractivity contribution in [1.82, 2.24) is 10.2 Å². The van der Waals surface area contributed by atoms with Crippen LogP contribution in [-0.2, 0) is 6.42 Å². The van der Waals surface area contributed by atoms with Crippen LogP contribution in [0.1, 0.15) is 18.2 Å². The van der Waals surface area contributed by atoms with Gasteiger partial charge >= 0.3 is 0 Å². The highest BCUT2D eigenvalue weighted by atomic mass is 15.1. The van der Waals surface area contributed by atoms with Crippen LogP contribution in [0.15, 0.2) is 37.1 Å². The van der Waals surface area contributed by atoms with E-state index in [2.05, 4.69) is 30.3 Å². The fraction of sp³-hybridized carbons (Fsp3) is 0.250. The Morgan fingerprint density at radius 3 is 3.14 bits per heavy atom. The number of fused-ring (bicyclic) bond motifs is 1. The summed E-state index contributed by atoms with van der Waals surface area (Å²) < 4.78 is 0. The topological polar surface area (TPSA) is 28.7 Å². The smallest absolute Gasteiger partial charge is 0.0568 e. The molecule has 1 N–H and O–H groups in total. The van der Waals surface area contributed by atoms with Gasteiger partial charge in [-0.15, -0.1) is 0 Å². The van der Waals surface area contributed by atoms with E-state index in [1.165, 1.54) is 11.3 Å². The molecule has 1 heterocycles. The Labute approximate surface area is 84.0 Å². The van der Waals surface area contributed by atoms with Crippen molar-refractivity contribution in [2.45, 2.75) is 13.3 Å². The number of allylic oxidation sites excluding steroid dienone is 4. The van der Waals surface area contributed by atoms with Gasteiger partial charge in [-0.1, -0.05) is 32.2 Å². The van der Waals surface area contributed by atoms with Gasteiger partial charge in [0.25, 0.3) is 0 Å². The third kappa shape index (κ3) is 1.23. The van der Waals surface area contributed by atoms with Crippen molar-refractivity contribution in [2.24, 2.45) is 5.92 Å². The average molecular weight is 186 g/mol. The normalized spacial score (nSPS) is 23.6. The van der Waals surface area contributed by atoms with Crippen molar-refractivity contribution in [1.29, 1.82) is 0 Å². The van der Waals surface area contributed by atoms with Gasteiger partial charge in [-0.2, -0.15) is 5.10 Å². The van der Waals surface area contributed by atoms with Gasteiger partial charge in [0.05, 0.1) is 6.20 Å². The Kier molecular flexibility index (Phi) is 2.12. The van der Waals surface area contributed by atoms with Gasteiger partial charge in [0.2, 0.25) is 0 Å². The molecular formula is C12H14N2. The summed E-state index contributed by atoms with van der Waals surface area (Å²) in [5.74, 6) is 0.494. The lowest BCUT2D eigenvalue weighted by molar-refractivity contribution is 0.667. The monoisotopic (exact) mass is 186 g/mol. The van der Waals surface area contributed by atoms with Crippen molar-refractivity contribution in [3.63, 3.8) is 0 Å². The molecule has 0 aromatic carbocycles. The Hall–Kier alpha value is -1.57. The number of rotatable bonds is 1. The maximum Gasteiger partial charge on any atom is 0.0568 e. The van der Waals surface area contributed by atoms with Gasteiger partial charge in [0.1, 0.15) is 0 Å². The molecule has 0 saturated heterocycles. The lowest BCUT2D eigenvalue weighted by Crippen LogP contribution is -2.12. The van der Waals surface area contributed by atoms with Crippen molar-refractivity contribution >= 4 is 5.57 Å². The van der Waals surface area contributed by atoms with Crippen LogP contribution in [0.25, 0.3) is 5.57 Å². The summed E-state index contributed by atoms with van der Waals surface area (Å²) in [5, 5.41) is 7.06. The molecule has 1 aromatic heterocycles. The van der Waals surface area contributed by atoms with Crippen LogP contribution >= 0.6 is 0 Å². The molecule has 1 unspecified atom stereocenters. The van der Waals surface area contributed by atoms with Gasteiger partial charge in [0, 0.05) is 11.3 Å². The number of H-pyrrole nitrogens is 1. The molecule has 1 aliphatic carbocycles. The highest BCUT2D eigenvalue weighted by Gasteiger charge is 2.23. The minimum atomic E-state index is 0.494. The predicted molar refractivity (Wildman–Crippen MR) is 58.8 cm³/mol. The minimum Gasteiger partial charge on any atom is -0.282 e. The molecule has 2 nitrogen and oxygen atoms in total. The van der Waals surface area contributed by atoms with Crippen molar-refractivity contribution in [3.05, 3.63) is 48.3 Å². The van der Waals surface area contributed by atoms with Crippen LogP contribution in [0.2, 0.25) is 0 Å². The summed E-state index contributed by atoms with van der Waals surface area (Å²) >= 11 is 0. The van der Waals surface area contributed by atoms with Crippen LogP contribution < -0.4 is 0 Å². The number of hydrogen-bond donors (Lipinski definition) is 1. The van der Waals surface area contributed by atoms with Crippen LogP contribution in [0.3, 0.4) is 0 Å². The Morgan fingerprint density at radius 2 is 2.43 bits per heavy atom. The van der Waals surface area contributed by atoms with Crippen molar-refractivity contribution < 1.29 is 0 Å². The zero-order valence-corrected chi connectivity index (χ0v) is 8.38. The van der Waals surface area contributed by atoms with E-state index < -0.39 is 0 Å². The zero-order chi connectivity index (χ0) is 10.1. The second kappa shape index (κ2) is 3.29. The summed E-state index contributed by atoms with van der Waals surface area (Å²) in [7, 11) is 0. The van der Waals surface area contributed by atoms with Crippen LogP contribution in [0.5, 0.6) is 0 Å². The first-order chi connectivity index (χ1) is 6.74. The fourth-order valence-electron chi connectivity index (χ4n) is 1.99. The summed E-state index contributed by atoms with van der Waals surface area (Å²) in [6.45, 7) is 10.0. The second-order valence-corrected chi connectivity index (χ2v) is 3.70.